The number of morpholine rings is 1. The van der Waals surface area contributed by atoms with E-state index >= 15 is 0 Å². The zero-order valence-electron chi connectivity index (χ0n) is 34.1. The average Bonchev–Trinajstić information content (AvgIpc) is 3.60. The van der Waals surface area contributed by atoms with Gasteiger partial charge in [-0.2, -0.15) is 0 Å². The van der Waals surface area contributed by atoms with Crippen LogP contribution in [0.4, 0.5) is 0 Å². The van der Waals surface area contributed by atoms with Crippen LogP contribution in [0.25, 0.3) is 0 Å². The highest BCUT2D eigenvalue weighted by molar-refractivity contribution is 6.31. The lowest BCUT2D eigenvalue weighted by Crippen LogP contribution is -2.56. The Morgan fingerprint density at radius 2 is 1.73 bits per heavy atom. The molecule has 2 aliphatic carbocycles. The molecule has 3 saturated heterocycles. The van der Waals surface area contributed by atoms with E-state index in [4.69, 9.17) is 33.2 Å². The molecule has 316 valence electrons. The fourth-order valence-corrected chi connectivity index (χ4v) is 9.44. The summed E-state index contributed by atoms with van der Waals surface area (Å²) in [6, 6.07) is 12.1. The third kappa shape index (κ3) is 7.24. The molecule has 8 atom stereocenters. The van der Waals surface area contributed by atoms with Gasteiger partial charge in [-0.15, -0.1) is 0 Å². The lowest BCUT2D eigenvalue weighted by Gasteiger charge is -2.43. The topological polar surface area (TPSA) is 192 Å². The molecular weight excluding hydrogens is 766 g/mol. The number of nitrogens with one attached hydrogen (secondary N) is 1. The largest absolute Gasteiger partial charge is 0.507 e. The summed E-state index contributed by atoms with van der Waals surface area (Å²) in [5, 5.41) is 39.3. The molecule has 0 bridgehead atoms. The zero-order valence-corrected chi connectivity index (χ0v) is 34.1. The maximum atomic E-state index is 14.2. The first-order valence-corrected chi connectivity index (χ1v) is 19.9. The van der Waals surface area contributed by atoms with E-state index in [0.717, 1.165) is 11.3 Å². The van der Waals surface area contributed by atoms with Crippen molar-refractivity contribution in [3.8, 4) is 23.0 Å². The number of ether oxygens (including phenoxy) is 7. The van der Waals surface area contributed by atoms with Crippen LogP contribution in [0, 0.1) is 0 Å². The molecule has 0 aromatic heterocycles. The van der Waals surface area contributed by atoms with Crippen LogP contribution in [-0.4, -0.2) is 147 Å². The van der Waals surface area contributed by atoms with Crippen molar-refractivity contribution in [3.05, 3.63) is 81.4 Å². The fourth-order valence-electron chi connectivity index (χ4n) is 9.44. The molecule has 3 aromatic carbocycles. The molecule has 8 rings (SSSR count). The summed E-state index contributed by atoms with van der Waals surface area (Å²) in [7, 11) is 8.59. The van der Waals surface area contributed by atoms with Crippen LogP contribution in [0.5, 0.6) is 23.0 Å². The number of phenols is 2. The number of carbonyl (C=O) groups excluding carboxylic acids is 3. The van der Waals surface area contributed by atoms with Crippen LogP contribution in [0.3, 0.4) is 0 Å². The number of amides is 1. The molecular formula is C43H52N3O13+. The number of nitrogens with zero attached hydrogens (tertiary/aromatic N) is 2. The Kier molecular flexibility index (Phi) is 11.0. The highest BCUT2D eigenvalue weighted by Gasteiger charge is 2.55. The predicted molar refractivity (Wildman–Crippen MR) is 208 cm³/mol. The lowest BCUT2D eigenvalue weighted by atomic mass is 9.72. The van der Waals surface area contributed by atoms with Gasteiger partial charge in [0, 0.05) is 61.2 Å². The van der Waals surface area contributed by atoms with Crippen LogP contribution in [0.2, 0.25) is 0 Å². The Morgan fingerprint density at radius 3 is 2.44 bits per heavy atom. The van der Waals surface area contributed by atoms with Gasteiger partial charge >= 0.3 is 0 Å². The molecule has 16 heteroatoms. The van der Waals surface area contributed by atoms with Crippen molar-refractivity contribution in [1.29, 1.82) is 0 Å². The quantitative estimate of drug-likeness (QED) is 0.128. The van der Waals surface area contributed by atoms with Gasteiger partial charge in [-0.05, 0) is 37.3 Å². The van der Waals surface area contributed by atoms with E-state index in [1.54, 1.807) is 20.3 Å². The van der Waals surface area contributed by atoms with Crippen LogP contribution in [0.1, 0.15) is 74.4 Å². The monoisotopic (exact) mass is 818 g/mol. The minimum absolute atomic E-state index is 0.0136. The summed E-state index contributed by atoms with van der Waals surface area (Å²) in [6.45, 7) is 4.24. The van der Waals surface area contributed by atoms with Crippen molar-refractivity contribution >= 4 is 17.5 Å². The number of aromatic hydroxyl groups is 2. The second-order valence-corrected chi connectivity index (χ2v) is 16.6. The van der Waals surface area contributed by atoms with E-state index in [0.29, 0.717) is 37.1 Å². The Labute approximate surface area is 342 Å². The molecule has 4 N–H and O–H groups in total. The van der Waals surface area contributed by atoms with Gasteiger partial charge in [-0.1, -0.05) is 12.1 Å². The van der Waals surface area contributed by atoms with Gasteiger partial charge in [-0.3, -0.25) is 19.3 Å². The van der Waals surface area contributed by atoms with E-state index in [1.165, 1.54) is 19.2 Å². The third-order valence-electron chi connectivity index (χ3n) is 12.4. The Hall–Kier alpha value is -4.65. The van der Waals surface area contributed by atoms with Gasteiger partial charge < -0.3 is 58.3 Å². The standard InChI is InChI=1S/C43H51N3O13/c1-22-39-27(45-15-17-56-41(55-6)40(45)59-39)18-30(57-22)58-29-20-43(52,42(51)44-14-16-46(2,3)21-23-10-12-24(53-4)13-11-23)19-26-32(29)38(50)34-33(36(26)48)35(47)25-8-7-9-28(54-5)31(25)37(34)49/h7-13,22,27,29-30,39-41,52H,14-21H2,1-6H3,(H2-,44,47,48,49,50,51)/p+1/t22-,27-,29-,30-,39+,40+,41-,43-/m0/s1. The van der Waals surface area contributed by atoms with E-state index in [9.17, 15) is 29.7 Å². The number of carbonyl (C=O) groups is 3. The number of benzene rings is 3. The Balaban J connectivity index is 1.10. The van der Waals surface area contributed by atoms with Gasteiger partial charge in [0.2, 0.25) is 5.78 Å². The number of hydrogen-bond donors (Lipinski definition) is 4. The number of ketones is 2. The van der Waals surface area contributed by atoms with E-state index in [-0.39, 0.29) is 53.1 Å². The number of quaternary nitrogens is 1. The first-order valence-electron chi connectivity index (χ1n) is 19.9. The second kappa shape index (κ2) is 15.7. The summed E-state index contributed by atoms with van der Waals surface area (Å²) in [4.78, 5) is 44.5. The number of likely N-dealkylation sites (N-methyl/N-ethyl adjacent to an activating group) is 1. The van der Waals surface area contributed by atoms with Gasteiger partial charge in [-0.25, -0.2) is 0 Å². The summed E-state index contributed by atoms with van der Waals surface area (Å²) < 4.78 is 41.9. The molecule has 5 aliphatic rings. The summed E-state index contributed by atoms with van der Waals surface area (Å²) >= 11 is 0. The van der Waals surface area contributed by atoms with Crippen LogP contribution >= 0.6 is 0 Å². The maximum Gasteiger partial charge on any atom is 0.252 e. The number of methoxy groups -OCH3 is 3. The molecule has 0 saturated carbocycles. The molecule has 0 spiro atoms. The minimum atomic E-state index is -2.17. The van der Waals surface area contributed by atoms with E-state index in [1.807, 2.05) is 45.3 Å². The second-order valence-electron chi connectivity index (χ2n) is 16.6. The van der Waals surface area contributed by atoms with E-state index in [2.05, 4.69) is 10.2 Å². The van der Waals surface area contributed by atoms with Crippen molar-refractivity contribution in [2.45, 2.75) is 81.5 Å². The number of rotatable bonds is 11. The molecule has 3 aromatic rings. The van der Waals surface area contributed by atoms with Gasteiger partial charge in [0.05, 0.1) is 76.9 Å². The van der Waals surface area contributed by atoms with Crippen LogP contribution in [0.15, 0.2) is 42.5 Å². The van der Waals surface area contributed by atoms with Crippen molar-refractivity contribution in [2.75, 3.05) is 61.7 Å². The predicted octanol–water partition coefficient (Wildman–Crippen LogP) is 2.55. The molecule has 59 heavy (non-hydrogen) atoms. The first kappa shape index (κ1) is 41.1. The van der Waals surface area contributed by atoms with Crippen molar-refractivity contribution in [3.63, 3.8) is 0 Å². The smallest absolute Gasteiger partial charge is 0.252 e. The molecule has 1 amide bonds. The highest BCUT2D eigenvalue weighted by atomic mass is 16.7. The molecule has 3 heterocycles. The van der Waals surface area contributed by atoms with Gasteiger partial charge in [0.25, 0.3) is 5.91 Å². The maximum absolute atomic E-state index is 14.2. The number of phenolic OH excluding ortho intramolecular Hbond substituents is 2. The zero-order chi connectivity index (χ0) is 42.0. The fraction of sp³-hybridized carbons (Fsp3) is 0.512. The van der Waals surface area contributed by atoms with Crippen molar-refractivity contribution < 1.29 is 67.3 Å². The molecule has 0 unspecified atom stereocenters. The van der Waals surface area contributed by atoms with Gasteiger partial charge in [0.1, 0.15) is 41.2 Å². The molecule has 16 nitrogen and oxygen atoms in total. The van der Waals surface area contributed by atoms with E-state index < -0.39 is 83.1 Å². The Morgan fingerprint density at radius 1 is 0.983 bits per heavy atom. The minimum Gasteiger partial charge on any atom is -0.507 e. The average molecular weight is 819 g/mol. The normalized spacial score (nSPS) is 28.8. The third-order valence-corrected chi connectivity index (χ3v) is 12.4. The molecule has 0 radical (unpaired) electrons. The summed E-state index contributed by atoms with van der Waals surface area (Å²) in [5.74, 6) is -2.50. The van der Waals surface area contributed by atoms with Crippen LogP contribution in [-0.2, 0) is 41.4 Å². The lowest BCUT2D eigenvalue weighted by molar-refractivity contribution is -0.902. The van der Waals surface area contributed by atoms with Crippen molar-refractivity contribution in [2.24, 2.45) is 0 Å². The first-order chi connectivity index (χ1) is 28.2. The highest BCUT2D eigenvalue weighted by Crippen LogP contribution is 2.53. The number of fused-ring (bicyclic) bond motifs is 6. The number of aliphatic hydroxyl groups is 1. The summed E-state index contributed by atoms with van der Waals surface area (Å²) in [6.07, 6.45) is -4.63. The molecule has 3 aliphatic heterocycles. The Bertz CT molecular complexity index is 2140. The van der Waals surface area contributed by atoms with Crippen molar-refractivity contribution in [1.82, 2.24) is 10.2 Å². The molecule has 3 fully saturated rings. The van der Waals surface area contributed by atoms with Gasteiger partial charge in [0.15, 0.2) is 24.6 Å². The number of hydrogen-bond acceptors (Lipinski definition) is 14. The SMILES string of the molecule is COc1ccc(C[N+](C)(C)CCNC(=O)[C@]2(O)Cc3c(O)c4c(c(O)c3[C@@H](O[C@H]3C[C@H]5[C@H](O[C@@H]6[C@@H](OC)OCCN65)[C@H](C)O3)C2)C(=O)c2c(OC)cccc2C4=O)cc1. The van der Waals surface area contributed by atoms with Crippen LogP contribution < -0.4 is 14.8 Å². The summed E-state index contributed by atoms with van der Waals surface area (Å²) in [5.41, 5.74) is -2.09.